The van der Waals surface area contributed by atoms with Crippen molar-refractivity contribution in [3.05, 3.63) is 83.3 Å². The molecule has 1 unspecified atom stereocenters. The summed E-state index contributed by atoms with van der Waals surface area (Å²) >= 11 is 0. The Kier molecular flexibility index (Phi) is 7.50. The molecule has 1 aliphatic carbocycles. The van der Waals surface area contributed by atoms with E-state index >= 15 is 0 Å². The Morgan fingerprint density at radius 1 is 1.15 bits per heavy atom. The number of hydrogen-bond acceptors (Lipinski definition) is 6. The lowest BCUT2D eigenvalue weighted by molar-refractivity contribution is -0.137. The van der Waals surface area contributed by atoms with Gasteiger partial charge in [0, 0.05) is 24.0 Å². The van der Waals surface area contributed by atoms with Crippen molar-refractivity contribution in [2.45, 2.75) is 38.3 Å². The minimum Gasteiger partial charge on any atom is -0.356 e. The third kappa shape index (κ3) is 5.51. The van der Waals surface area contributed by atoms with Gasteiger partial charge in [-0.3, -0.25) is 4.90 Å². The molecule has 1 aliphatic heterocycles. The van der Waals surface area contributed by atoms with Crippen LogP contribution in [0, 0.1) is 17.2 Å². The molecule has 0 bridgehead atoms. The molecule has 214 valence electrons. The first kappa shape index (κ1) is 28.2. The maximum atomic E-state index is 13.7. The van der Waals surface area contributed by atoms with Crippen LogP contribution >= 0.6 is 0 Å². The number of aromatic nitrogens is 2. The van der Waals surface area contributed by atoms with Crippen LogP contribution in [0.15, 0.2) is 66.5 Å². The molecule has 41 heavy (non-hydrogen) atoms. The number of nitrogens with one attached hydrogen (secondary N) is 1. The number of carbonyl (C=O) groups is 1. The van der Waals surface area contributed by atoms with E-state index in [0.717, 1.165) is 36.4 Å². The van der Waals surface area contributed by atoms with Crippen molar-refractivity contribution in [3.63, 3.8) is 0 Å². The van der Waals surface area contributed by atoms with Crippen LogP contribution in [0.5, 0.6) is 0 Å². The average Bonchev–Trinajstić information content (AvgIpc) is 3.48. The molecule has 12 heteroatoms. The summed E-state index contributed by atoms with van der Waals surface area (Å²) in [6.45, 7) is 2.54. The van der Waals surface area contributed by atoms with Gasteiger partial charge in [-0.25, -0.2) is 14.4 Å². The third-order valence-corrected chi connectivity index (χ3v) is 7.39. The van der Waals surface area contributed by atoms with Gasteiger partial charge < -0.3 is 15.3 Å². The van der Waals surface area contributed by atoms with Crippen LogP contribution in [0.1, 0.15) is 36.6 Å². The molecule has 2 aromatic carbocycles. The highest BCUT2D eigenvalue weighted by Gasteiger charge is 2.44. The number of aliphatic hydroxyl groups is 1. The summed E-state index contributed by atoms with van der Waals surface area (Å²) in [6.07, 6.45) is -3.10. The van der Waals surface area contributed by atoms with Gasteiger partial charge in [-0.15, -0.1) is 0 Å². The lowest BCUT2D eigenvalue weighted by atomic mass is 9.80. The highest BCUT2D eigenvalue weighted by atomic mass is 19.4. The van der Waals surface area contributed by atoms with Crippen LogP contribution in [-0.4, -0.2) is 63.8 Å². The van der Waals surface area contributed by atoms with Crippen LogP contribution in [0.4, 0.5) is 23.7 Å². The topological polar surface area (TPSA) is 101 Å². The maximum absolute atomic E-state index is 13.7. The molecule has 3 aromatic rings. The number of benzene rings is 2. The minimum atomic E-state index is -4.58. The summed E-state index contributed by atoms with van der Waals surface area (Å²) in [5.41, 5.74) is 1.36. The first-order valence-electron chi connectivity index (χ1n) is 13.1. The molecule has 0 spiro atoms. The molecule has 1 aromatic heterocycles. The molecule has 2 amide bonds. The average molecular weight is 566 g/mol. The Morgan fingerprint density at radius 2 is 1.85 bits per heavy atom. The number of nitriles is 1. The van der Waals surface area contributed by atoms with E-state index in [1.165, 1.54) is 23.2 Å². The molecule has 2 heterocycles. The number of anilines is 1. The van der Waals surface area contributed by atoms with Gasteiger partial charge in [0.1, 0.15) is 0 Å². The van der Waals surface area contributed by atoms with Gasteiger partial charge in [-0.1, -0.05) is 6.07 Å². The number of allylic oxidation sites excluding steroid dienone is 1. The lowest BCUT2D eigenvalue weighted by Gasteiger charge is -2.39. The van der Waals surface area contributed by atoms with E-state index in [0.29, 0.717) is 34.3 Å². The fourth-order valence-electron chi connectivity index (χ4n) is 5.50. The van der Waals surface area contributed by atoms with Gasteiger partial charge in [0.15, 0.2) is 0 Å². The zero-order chi connectivity index (χ0) is 29.5. The predicted molar refractivity (Wildman–Crippen MR) is 146 cm³/mol. The SMILES string of the molecule is CC1=C(c2ccnn2-c2ccc(C#N)cc2)N(C(=O)N[C@H]2C[C@H](CN(C)C)C2)C(O)N1c1cccc(C(F)(F)F)c1. The lowest BCUT2D eigenvalue weighted by Crippen LogP contribution is -2.54. The van der Waals surface area contributed by atoms with Gasteiger partial charge in [0.2, 0.25) is 6.35 Å². The molecule has 2 aliphatic rings. The minimum absolute atomic E-state index is 0.0803. The van der Waals surface area contributed by atoms with E-state index in [9.17, 15) is 28.3 Å². The second-order valence-corrected chi connectivity index (χ2v) is 10.6. The first-order valence-corrected chi connectivity index (χ1v) is 13.1. The third-order valence-electron chi connectivity index (χ3n) is 7.39. The number of aliphatic hydroxyl groups excluding tert-OH is 1. The van der Waals surface area contributed by atoms with E-state index in [1.54, 1.807) is 41.9 Å². The molecule has 9 nitrogen and oxygen atoms in total. The Labute approximate surface area is 235 Å². The molecule has 1 saturated carbocycles. The Hall–Kier alpha value is -4.34. The van der Waals surface area contributed by atoms with E-state index in [1.807, 2.05) is 14.1 Å². The predicted octanol–water partition coefficient (Wildman–Crippen LogP) is 4.60. The quantitative estimate of drug-likeness (QED) is 0.453. The molecule has 2 N–H and O–H groups in total. The summed E-state index contributed by atoms with van der Waals surface area (Å²) in [7, 11) is 3.98. The van der Waals surface area contributed by atoms with Gasteiger partial charge >= 0.3 is 12.2 Å². The van der Waals surface area contributed by atoms with Gasteiger partial charge in [-0.2, -0.15) is 23.5 Å². The summed E-state index contributed by atoms with van der Waals surface area (Å²) in [6, 6.07) is 14.3. The molecular formula is C29H30F3N7O2. The van der Waals surface area contributed by atoms with Crippen LogP contribution in [0.3, 0.4) is 0 Å². The van der Waals surface area contributed by atoms with Crippen LogP contribution in [-0.2, 0) is 6.18 Å². The van der Waals surface area contributed by atoms with Crippen molar-refractivity contribution in [1.29, 1.82) is 5.26 Å². The van der Waals surface area contributed by atoms with Crippen molar-refractivity contribution in [3.8, 4) is 11.8 Å². The molecule has 5 rings (SSSR count). The van der Waals surface area contributed by atoms with E-state index < -0.39 is 24.1 Å². The number of amides is 2. The zero-order valence-corrected chi connectivity index (χ0v) is 22.8. The van der Waals surface area contributed by atoms with Gasteiger partial charge in [0.25, 0.3) is 0 Å². The molecule has 0 saturated heterocycles. The number of carbonyl (C=O) groups excluding carboxylic acids is 1. The Balaban J connectivity index is 1.54. The smallest absolute Gasteiger partial charge is 0.356 e. The number of rotatable bonds is 6. The maximum Gasteiger partial charge on any atom is 0.416 e. The second kappa shape index (κ2) is 10.9. The van der Waals surface area contributed by atoms with E-state index in [2.05, 4.69) is 21.4 Å². The molecular weight excluding hydrogens is 535 g/mol. The second-order valence-electron chi connectivity index (χ2n) is 10.6. The number of halogens is 3. The number of urea groups is 1. The highest BCUT2D eigenvalue weighted by Crippen LogP contribution is 2.41. The fourth-order valence-corrected chi connectivity index (χ4v) is 5.50. The van der Waals surface area contributed by atoms with Crippen LogP contribution in [0.2, 0.25) is 0 Å². The molecule has 1 fully saturated rings. The van der Waals surface area contributed by atoms with E-state index in [-0.39, 0.29) is 11.7 Å². The van der Waals surface area contributed by atoms with Crippen molar-refractivity contribution in [2.75, 3.05) is 25.5 Å². The van der Waals surface area contributed by atoms with Gasteiger partial charge in [-0.05, 0) is 88.3 Å². The summed E-state index contributed by atoms with van der Waals surface area (Å²) in [4.78, 5) is 18.3. The normalized spacial score (nSPS) is 20.8. The standard InChI is InChI=1S/C29H30F3N7O2/c1-18-26(25-11-12-34-39(25)23-9-7-19(16-33)8-10-23)38(27(40)35-22-13-20(14-22)17-36(2)3)28(41)37(18)24-6-4-5-21(15-24)29(30,31)32/h4-12,15,20,22,28,41H,13-14,17H2,1-3H3,(H,35,40)/t20-,22-,28?. The Morgan fingerprint density at radius 3 is 2.49 bits per heavy atom. The van der Waals surface area contributed by atoms with Crippen LogP contribution in [0.25, 0.3) is 11.4 Å². The van der Waals surface area contributed by atoms with Gasteiger partial charge in [0.05, 0.1) is 40.5 Å². The number of nitrogens with zero attached hydrogens (tertiary/aromatic N) is 6. The van der Waals surface area contributed by atoms with Crippen LogP contribution < -0.4 is 10.2 Å². The first-order chi connectivity index (χ1) is 19.5. The summed E-state index contributed by atoms with van der Waals surface area (Å²) in [5, 5.41) is 28.1. The number of hydrogen-bond donors (Lipinski definition) is 2. The van der Waals surface area contributed by atoms with Crippen molar-refractivity contribution < 1.29 is 23.1 Å². The largest absolute Gasteiger partial charge is 0.416 e. The van der Waals surface area contributed by atoms with E-state index in [4.69, 9.17) is 0 Å². The van der Waals surface area contributed by atoms with Crippen molar-refractivity contribution in [1.82, 2.24) is 24.9 Å². The summed E-state index contributed by atoms with van der Waals surface area (Å²) in [5.74, 6) is 0.440. The molecule has 1 atom stereocenters. The van der Waals surface area contributed by atoms with Crippen molar-refractivity contribution >= 4 is 17.4 Å². The molecule has 0 radical (unpaired) electrons. The fraction of sp³-hybridized carbons (Fsp3) is 0.345. The monoisotopic (exact) mass is 565 g/mol. The number of alkyl halides is 3. The zero-order valence-electron chi connectivity index (χ0n) is 22.8. The Bertz CT molecular complexity index is 1500. The highest BCUT2D eigenvalue weighted by molar-refractivity contribution is 5.90. The summed E-state index contributed by atoms with van der Waals surface area (Å²) < 4.78 is 42.2. The van der Waals surface area contributed by atoms with Crippen molar-refractivity contribution in [2.24, 2.45) is 5.92 Å².